The fourth-order valence-electron chi connectivity index (χ4n) is 3.76. The molecule has 0 spiro atoms. The number of likely N-dealkylation sites (tertiary alicyclic amines) is 2. The van der Waals surface area contributed by atoms with Gasteiger partial charge in [-0.25, -0.2) is 0 Å². The van der Waals surface area contributed by atoms with Crippen molar-refractivity contribution in [1.29, 1.82) is 0 Å². The molecule has 0 amide bonds. The zero-order valence-corrected chi connectivity index (χ0v) is 14.1. The van der Waals surface area contributed by atoms with Gasteiger partial charge in [0.15, 0.2) is 0 Å². The Morgan fingerprint density at radius 3 is 2.48 bits per heavy atom. The zero-order valence-electron chi connectivity index (χ0n) is 14.1. The summed E-state index contributed by atoms with van der Waals surface area (Å²) in [6.45, 7) is 11.8. The van der Waals surface area contributed by atoms with Crippen LogP contribution in [-0.2, 0) is 4.74 Å². The quantitative estimate of drug-likeness (QED) is 0.657. The second kappa shape index (κ2) is 9.78. The SMILES string of the molecule is CCCNCC(COC)N1CCC(CN2CCCC2)CC1. The maximum Gasteiger partial charge on any atom is 0.0630 e. The molecule has 0 aromatic rings. The first-order valence-corrected chi connectivity index (χ1v) is 8.99. The molecule has 1 unspecified atom stereocenters. The van der Waals surface area contributed by atoms with Crippen LogP contribution in [0, 0.1) is 5.92 Å². The van der Waals surface area contributed by atoms with Crippen LogP contribution < -0.4 is 5.32 Å². The molecule has 0 saturated carbocycles. The first kappa shape index (κ1) is 17.2. The van der Waals surface area contributed by atoms with E-state index < -0.39 is 0 Å². The highest BCUT2D eigenvalue weighted by molar-refractivity contribution is 4.82. The second-order valence-electron chi connectivity index (χ2n) is 6.80. The number of nitrogens with zero attached hydrogens (tertiary/aromatic N) is 2. The number of rotatable bonds is 9. The number of hydrogen-bond donors (Lipinski definition) is 1. The van der Waals surface area contributed by atoms with Crippen LogP contribution in [0.1, 0.15) is 39.0 Å². The molecule has 2 aliphatic heterocycles. The molecule has 4 nitrogen and oxygen atoms in total. The monoisotopic (exact) mass is 297 g/mol. The van der Waals surface area contributed by atoms with Gasteiger partial charge in [0.2, 0.25) is 0 Å². The van der Waals surface area contributed by atoms with Gasteiger partial charge < -0.3 is 15.0 Å². The highest BCUT2D eigenvalue weighted by Gasteiger charge is 2.26. The number of nitrogens with one attached hydrogen (secondary N) is 1. The fourth-order valence-corrected chi connectivity index (χ4v) is 3.76. The van der Waals surface area contributed by atoms with Crippen LogP contribution in [0.2, 0.25) is 0 Å². The molecule has 1 N–H and O–H groups in total. The van der Waals surface area contributed by atoms with Gasteiger partial charge in [-0.3, -0.25) is 4.90 Å². The van der Waals surface area contributed by atoms with E-state index in [2.05, 4.69) is 22.0 Å². The standard InChI is InChI=1S/C17H35N3O/c1-3-8-18-13-17(15-21-2)20-11-6-16(7-12-20)14-19-9-4-5-10-19/h16-18H,3-15H2,1-2H3. The molecule has 1 atom stereocenters. The summed E-state index contributed by atoms with van der Waals surface area (Å²) in [4.78, 5) is 5.32. The van der Waals surface area contributed by atoms with Gasteiger partial charge in [-0.05, 0) is 70.7 Å². The predicted molar refractivity (Wildman–Crippen MR) is 88.8 cm³/mol. The third kappa shape index (κ3) is 5.85. The summed E-state index contributed by atoms with van der Waals surface area (Å²) in [6.07, 6.45) is 6.77. The van der Waals surface area contributed by atoms with E-state index in [4.69, 9.17) is 4.74 Å². The minimum atomic E-state index is 0.550. The summed E-state index contributed by atoms with van der Waals surface area (Å²) in [6, 6.07) is 0.550. The summed E-state index contributed by atoms with van der Waals surface area (Å²) in [5, 5.41) is 3.56. The molecule has 2 fully saturated rings. The lowest BCUT2D eigenvalue weighted by Crippen LogP contribution is -2.49. The van der Waals surface area contributed by atoms with Gasteiger partial charge in [-0.2, -0.15) is 0 Å². The first-order valence-electron chi connectivity index (χ1n) is 8.99. The van der Waals surface area contributed by atoms with E-state index in [-0.39, 0.29) is 0 Å². The van der Waals surface area contributed by atoms with Crippen LogP contribution in [0.3, 0.4) is 0 Å². The lowest BCUT2D eigenvalue weighted by Gasteiger charge is -2.38. The van der Waals surface area contributed by atoms with E-state index in [9.17, 15) is 0 Å². The lowest BCUT2D eigenvalue weighted by atomic mass is 9.95. The summed E-state index contributed by atoms with van der Waals surface area (Å²) < 4.78 is 5.43. The largest absolute Gasteiger partial charge is 0.383 e. The number of ether oxygens (including phenoxy) is 1. The van der Waals surface area contributed by atoms with Crippen molar-refractivity contribution in [2.75, 3.05) is 59.5 Å². The molecular weight excluding hydrogens is 262 g/mol. The van der Waals surface area contributed by atoms with Crippen molar-refractivity contribution in [3.05, 3.63) is 0 Å². The Balaban J connectivity index is 1.69. The Bertz CT molecular complexity index is 261. The molecule has 0 aromatic carbocycles. The minimum absolute atomic E-state index is 0.550. The van der Waals surface area contributed by atoms with Gasteiger partial charge in [-0.1, -0.05) is 6.92 Å². The molecule has 2 saturated heterocycles. The van der Waals surface area contributed by atoms with Crippen molar-refractivity contribution in [2.45, 2.75) is 45.1 Å². The Morgan fingerprint density at radius 1 is 1.14 bits per heavy atom. The van der Waals surface area contributed by atoms with Crippen molar-refractivity contribution >= 4 is 0 Å². The zero-order chi connectivity index (χ0) is 14.9. The molecule has 4 heteroatoms. The predicted octanol–water partition coefficient (Wildman–Crippen LogP) is 1.81. The summed E-state index contributed by atoms with van der Waals surface area (Å²) in [7, 11) is 1.83. The van der Waals surface area contributed by atoms with E-state index in [1.807, 2.05) is 7.11 Å². The van der Waals surface area contributed by atoms with Gasteiger partial charge in [0.1, 0.15) is 0 Å². The van der Waals surface area contributed by atoms with Crippen molar-refractivity contribution < 1.29 is 4.74 Å². The smallest absolute Gasteiger partial charge is 0.0630 e. The van der Waals surface area contributed by atoms with Crippen molar-refractivity contribution in [3.8, 4) is 0 Å². The van der Waals surface area contributed by atoms with E-state index in [0.29, 0.717) is 6.04 Å². The van der Waals surface area contributed by atoms with E-state index in [0.717, 1.165) is 25.6 Å². The second-order valence-corrected chi connectivity index (χ2v) is 6.80. The van der Waals surface area contributed by atoms with Gasteiger partial charge >= 0.3 is 0 Å². The van der Waals surface area contributed by atoms with Gasteiger partial charge in [0.05, 0.1) is 6.61 Å². The molecule has 0 aliphatic carbocycles. The van der Waals surface area contributed by atoms with E-state index >= 15 is 0 Å². The van der Waals surface area contributed by atoms with Crippen LogP contribution in [0.15, 0.2) is 0 Å². The van der Waals surface area contributed by atoms with Crippen LogP contribution in [0.5, 0.6) is 0 Å². The Kier molecular flexibility index (Phi) is 8.01. The fraction of sp³-hybridized carbons (Fsp3) is 1.00. The summed E-state index contributed by atoms with van der Waals surface area (Å²) in [5.74, 6) is 0.922. The van der Waals surface area contributed by atoms with Crippen molar-refractivity contribution in [1.82, 2.24) is 15.1 Å². The molecular formula is C17H35N3O. The Labute approximate surface area is 131 Å². The highest BCUT2D eigenvalue weighted by atomic mass is 16.5. The molecule has 2 rings (SSSR count). The summed E-state index contributed by atoms with van der Waals surface area (Å²) >= 11 is 0. The molecule has 0 radical (unpaired) electrons. The third-order valence-corrected chi connectivity index (χ3v) is 5.05. The molecule has 0 aromatic heterocycles. The van der Waals surface area contributed by atoms with Crippen molar-refractivity contribution in [3.63, 3.8) is 0 Å². The Hall–Kier alpha value is -0.160. The molecule has 2 aliphatic rings. The highest BCUT2D eigenvalue weighted by Crippen LogP contribution is 2.22. The molecule has 124 valence electrons. The van der Waals surface area contributed by atoms with Crippen LogP contribution in [0.25, 0.3) is 0 Å². The maximum absolute atomic E-state index is 5.43. The number of hydrogen-bond acceptors (Lipinski definition) is 4. The van der Waals surface area contributed by atoms with Gasteiger partial charge in [0, 0.05) is 26.2 Å². The molecule has 2 heterocycles. The van der Waals surface area contributed by atoms with Gasteiger partial charge in [0.25, 0.3) is 0 Å². The number of methoxy groups -OCH3 is 1. The number of piperidine rings is 1. The third-order valence-electron chi connectivity index (χ3n) is 5.05. The average molecular weight is 297 g/mol. The van der Waals surface area contributed by atoms with Gasteiger partial charge in [-0.15, -0.1) is 0 Å². The van der Waals surface area contributed by atoms with Crippen LogP contribution in [-0.4, -0.2) is 75.4 Å². The summed E-state index contributed by atoms with van der Waals surface area (Å²) in [5.41, 5.74) is 0. The average Bonchev–Trinajstić information content (AvgIpc) is 3.00. The maximum atomic E-state index is 5.43. The first-order chi connectivity index (χ1) is 10.3. The molecule has 0 bridgehead atoms. The van der Waals surface area contributed by atoms with E-state index in [1.165, 1.54) is 64.8 Å². The topological polar surface area (TPSA) is 27.7 Å². The van der Waals surface area contributed by atoms with Crippen molar-refractivity contribution in [2.24, 2.45) is 5.92 Å². The normalized spacial score (nSPS) is 23.7. The minimum Gasteiger partial charge on any atom is -0.383 e. The van der Waals surface area contributed by atoms with Crippen LogP contribution in [0.4, 0.5) is 0 Å². The molecule has 21 heavy (non-hydrogen) atoms. The van der Waals surface area contributed by atoms with Crippen LogP contribution >= 0.6 is 0 Å². The lowest BCUT2D eigenvalue weighted by molar-refractivity contribution is 0.0592. The van der Waals surface area contributed by atoms with E-state index in [1.54, 1.807) is 0 Å². The Morgan fingerprint density at radius 2 is 1.86 bits per heavy atom.